The van der Waals surface area contributed by atoms with Crippen LogP contribution in [0.5, 0.6) is 17.2 Å². The van der Waals surface area contributed by atoms with Gasteiger partial charge in [0.05, 0.1) is 10.1 Å². The van der Waals surface area contributed by atoms with E-state index in [9.17, 15) is 15.2 Å². The van der Waals surface area contributed by atoms with Crippen LogP contribution in [-0.4, -0.2) is 20.4 Å². The van der Waals surface area contributed by atoms with Gasteiger partial charge in [0.15, 0.2) is 17.2 Å². The SMILES string of the molecule is O=[N+](O)c1ccc(Oc2ccccc2O)c2c1no[n+]2[O-]. The fourth-order valence-electron chi connectivity index (χ4n) is 1.83. The van der Waals surface area contributed by atoms with E-state index in [0.717, 1.165) is 0 Å². The Morgan fingerprint density at radius 2 is 2.00 bits per heavy atom. The number of hydrogen-bond donors (Lipinski definition) is 2. The van der Waals surface area contributed by atoms with Crippen LogP contribution in [0.25, 0.3) is 11.0 Å². The van der Waals surface area contributed by atoms with Gasteiger partial charge in [-0.05, 0) is 23.1 Å². The molecular formula is C12H8N3O6+. The molecule has 0 saturated carbocycles. The molecule has 9 nitrogen and oxygen atoms in total. The number of rotatable bonds is 3. The summed E-state index contributed by atoms with van der Waals surface area (Å²) in [5, 5.41) is 33.6. The van der Waals surface area contributed by atoms with Crippen molar-refractivity contribution < 1.29 is 29.5 Å². The highest BCUT2D eigenvalue weighted by atomic mass is 16.8. The normalized spacial score (nSPS) is 10.7. The summed E-state index contributed by atoms with van der Waals surface area (Å²) in [7, 11) is 0. The first kappa shape index (κ1) is 12.7. The molecule has 2 N–H and O–H groups in total. The molecule has 0 saturated heterocycles. The number of fused-ring (bicyclic) bond motifs is 1. The highest BCUT2D eigenvalue weighted by Gasteiger charge is 2.30. The topological polar surface area (TPSA) is 123 Å². The number of phenolic OH excluding ortho intramolecular Hbond substituents is 1. The Morgan fingerprint density at radius 3 is 2.71 bits per heavy atom. The summed E-state index contributed by atoms with van der Waals surface area (Å²) in [6.07, 6.45) is 0. The van der Waals surface area contributed by atoms with Gasteiger partial charge in [-0.2, -0.15) is 0 Å². The molecule has 3 rings (SSSR count). The van der Waals surface area contributed by atoms with E-state index in [4.69, 9.17) is 9.94 Å². The van der Waals surface area contributed by atoms with Crippen molar-refractivity contribution in [2.24, 2.45) is 0 Å². The summed E-state index contributed by atoms with van der Waals surface area (Å²) in [5.41, 5.74) is -0.631. The van der Waals surface area contributed by atoms with Gasteiger partial charge in [-0.3, -0.25) is 4.63 Å². The molecule has 0 aliphatic heterocycles. The predicted molar refractivity (Wildman–Crippen MR) is 66.2 cm³/mol. The van der Waals surface area contributed by atoms with Crippen LogP contribution in [-0.2, 0) is 0 Å². The average molecular weight is 290 g/mol. The standard InChI is InChI=1S/C12H7N3O6/c16-8-3-1-2-4-9(8)20-10-6-5-7(14(17)18)11-12(10)15(19)21-13-11/h1-6H,(H-,16,17,18)/p+1. The average Bonchev–Trinajstić information content (AvgIpc) is 2.84. The zero-order valence-electron chi connectivity index (χ0n) is 10.3. The summed E-state index contributed by atoms with van der Waals surface area (Å²) in [5.74, 6) is -0.0136. The molecule has 0 fully saturated rings. The van der Waals surface area contributed by atoms with Crippen molar-refractivity contribution in [2.75, 3.05) is 0 Å². The molecule has 0 aliphatic carbocycles. The number of hydrogen-bond acceptors (Lipinski definition) is 6. The van der Waals surface area contributed by atoms with Gasteiger partial charge in [0.1, 0.15) is 0 Å². The maximum Gasteiger partial charge on any atom is 0.374 e. The summed E-state index contributed by atoms with van der Waals surface area (Å²) in [6.45, 7) is 0. The first-order valence-electron chi connectivity index (χ1n) is 5.72. The second-order valence-electron chi connectivity index (χ2n) is 4.05. The van der Waals surface area contributed by atoms with E-state index in [1.54, 1.807) is 12.1 Å². The lowest BCUT2D eigenvalue weighted by atomic mass is 10.2. The van der Waals surface area contributed by atoms with Crippen LogP contribution in [0, 0.1) is 10.1 Å². The molecule has 21 heavy (non-hydrogen) atoms. The number of para-hydroxylation sites is 2. The van der Waals surface area contributed by atoms with Crippen LogP contribution in [0.1, 0.15) is 0 Å². The van der Waals surface area contributed by atoms with Crippen molar-refractivity contribution in [1.82, 2.24) is 5.16 Å². The highest BCUT2D eigenvalue weighted by Crippen LogP contribution is 2.35. The van der Waals surface area contributed by atoms with Gasteiger partial charge in [0, 0.05) is 6.07 Å². The van der Waals surface area contributed by atoms with E-state index in [2.05, 4.69) is 9.79 Å². The third-order valence-corrected chi connectivity index (χ3v) is 2.77. The molecular weight excluding hydrogens is 282 g/mol. The van der Waals surface area contributed by atoms with Gasteiger partial charge < -0.3 is 15.1 Å². The molecule has 0 spiro atoms. The zero-order chi connectivity index (χ0) is 15.0. The second kappa shape index (κ2) is 4.63. The third kappa shape index (κ3) is 2.06. The molecule has 2 aromatic carbocycles. The molecule has 0 unspecified atom stereocenters. The maximum absolute atomic E-state index is 11.6. The molecule has 0 bridgehead atoms. The van der Waals surface area contributed by atoms with Gasteiger partial charge in [0.2, 0.25) is 0 Å². The Balaban J connectivity index is 2.16. The van der Waals surface area contributed by atoms with Gasteiger partial charge in [-0.25, -0.2) is 5.21 Å². The zero-order valence-corrected chi connectivity index (χ0v) is 10.3. The summed E-state index contributed by atoms with van der Waals surface area (Å²) < 4.78 is 9.83. The highest BCUT2D eigenvalue weighted by molar-refractivity contribution is 5.86. The van der Waals surface area contributed by atoms with E-state index in [-0.39, 0.29) is 38.9 Å². The van der Waals surface area contributed by atoms with Crippen LogP contribution in [0.2, 0.25) is 0 Å². The van der Waals surface area contributed by atoms with Crippen LogP contribution in [0.3, 0.4) is 0 Å². The minimum absolute atomic E-state index is 0.00773. The Kier molecular flexibility index (Phi) is 2.79. The summed E-state index contributed by atoms with van der Waals surface area (Å²) in [6, 6.07) is 8.61. The largest absolute Gasteiger partial charge is 0.504 e. The molecule has 0 radical (unpaired) electrons. The molecule has 1 heterocycles. The lowest BCUT2D eigenvalue weighted by Gasteiger charge is -2.06. The van der Waals surface area contributed by atoms with E-state index in [1.165, 1.54) is 24.3 Å². The fourth-order valence-corrected chi connectivity index (χ4v) is 1.83. The quantitative estimate of drug-likeness (QED) is 0.556. The van der Waals surface area contributed by atoms with Crippen molar-refractivity contribution in [1.29, 1.82) is 0 Å². The lowest BCUT2D eigenvalue weighted by molar-refractivity contribution is -0.782. The number of phenols is 1. The number of aromatic hydroxyl groups is 1. The number of benzene rings is 2. The fraction of sp³-hybridized carbons (Fsp3) is 0. The Hall–Kier alpha value is -3.36. The Bertz CT molecular complexity index is 844. The minimum Gasteiger partial charge on any atom is -0.504 e. The van der Waals surface area contributed by atoms with Crippen molar-refractivity contribution >= 4 is 16.7 Å². The van der Waals surface area contributed by atoms with E-state index in [1.807, 2.05) is 0 Å². The van der Waals surface area contributed by atoms with Crippen molar-refractivity contribution in [3.8, 4) is 17.2 Å². The molecule has 0 amide bonds. The Labute approximate surface area is 116 Å². The first-order valence-corrected chi connectivity index (χ1v) is 5.72. The van der Waals surface area contributed by atoms with Crippen molar-refractivity contribution in [3.05, 3.63) is 46.5 Å². The van der Waals surface area contributed by atoms with Gasteiger partial charge in [0.25, 0.3) is 10.4 Å². The summed E-state index contributed by atoms with van der Waals surface area (Å²) >= 11 is 0. The Morgan fingerprint density at radius 1 is 1.24 bits per heavy atom. The lowest BCUT2D eigenvalue weighted by Crippen LogP contribution is -2.23. The molecule has 9 heteroatoms. The number of ether oxygens (including phenoxy) is 1. The van der Waals surface area contributed by atoms with Crippen LogP contribution in [0.15, 0.2) is 41.0 Å². The number of nitrogens with zero attached hydrogens (tertiary/aromatic N) is 3. The van der Waals surface area contributed by atoms with Crippen molar-refractivity contribution in [3.63, 3.8) is 0 Å². The maximum atomic E-state index is 11.6. The molecule has 0 aliphatic rings. The number of aromatic nitrogens is 2. The predicted octanol–water partition coefficient (Wildman–Crippen LogP) is 1.76. The molecule has 106 valence electrons. The van der Waals surface area contributed by atoms with Crippen molar-refractivity contribution in [2.45, 2.75) is 0 Å². The van der Waals surface area contributed by atoms with Crippen LogP contribution >= 0.6 is 0 Å². The van der Waals surface area contributed by atoms with Gasteiger partial charge in [-0.15, -0.1) is 0 Å². The molecule has 3 aromatic rings. The van der Waals surface area contributed by atoms with Gasteiger partial charge >= 0.3 is 11.2 Å². The smallest absolute Gasteiger partial charge is 0.374 e. The molecule has 0 atom stereocenters. The monoisotopic (exact) mass is 290 g/mol. The van der Waals surface area contributed by atoms with E-state index < -0.39 is 4.92 Å². The second-order valence-corrected chi connectivity index (χ2v) is 4.05. The van der Waals surface area contributed by atoms with E-state index in [0.29, 0.717) is 0 Å². The van der Waals surface area contributed by atoms with Crippen LogP contribution in [0.4, 0.5) is 5.69 Å². The first-order chi connectivity index (χ1) is 10.1. The minimum atomic E-state index is -0.436. The van der Waals surface area contributed by atoms with Gasteiger partial charge in [-0.1, -0.05) is 12.1 Å². The van der Waals surface area contributed by atoms with Crippen LogP contribution < -0.4 is 9.64 Å². The third-order valence-electron chi connectivity index (χ3n) is 2.77. The summed E-state index contributed by atoms with van der Waals surface area (Å²) in [4.78, 5) is 10.6. The van der Waals surface area contributed by atoms with E-state index >= 15 is 0 Å². The molecule has 1 aromatic heterocycles.